The van der Waals surface area contributed by atoms with Crippen molar-refractivity contribution in [3.63, 3.8) is 0 Å². The number of esters is 1. The second-order valence-corrected chi connectivity index (χ2v) is 8.01. The molecular formula is C20H28N6O5. The lowest BCUT2D eigenvalue weighted by molar-refractivity contribution is -0.151. The van der Waals surface area contributed by atoms with Gasteiger partial charge in [-0.1, -0.05) is 0 Å². The molecule has 2 fully saturated rings. The summed E-state index contributed by atoms with van der Waals surface area (Å²) in [6.07, 6.45) is 1.30. The fraction of sp³-hybridized carbons (Fsp3) is 0.600. The minimum atomic E-state index is -1.49. The van der Waals surface area contributed by atoms with Crippen molar-refractivity contribution in [3.05, 3.63) is 24.2 Å². The van der Waals surface area contributed by atoms with Crippen LogP contribution >= 0.6 is 0 Å². The van der Waals surface area contributed by atoms with Gasteiger partial charge < -0.3 is 30.7 Å². The van der Waals surface area contributed by atoms with E-state index >= 15 is 0 Å². The van der Waals surface area contributed by atoms with Gasteiger partial charge in [-0.25, -0.2) is 9.50 Å². The number of anilines is 1. The van der Waals surface area contributed by atoms with Crippen molar-refractivity contribution in [2.24, 2.45) is 10.9 Å². The first-order chi connectivity index (χ1) is 15.0. The van der Waals surface area contributed by atoms with Gasteiger partial charge in [0.05, 0.1) is 5.69 Å². The average molecular weight is 432 g/mol. The minimum absolute atomic E-state index is 0.179. The summed E-state index contributed by atoms with van der Waals surface area (Å²) in [7, 11) is 1.54. The zero-order valence-corrected chi connectivity index (χ0v) is 17.3. The molecule has 31 heavy (non-hydrogen) atoms. The van der Waals surface area contributed by atoms with Gasteiger partial charge in [0.15, 0.2) is 11.4 Å². The molecule has 11 nitrogen and oxygen atoms in total. The summed E-state index contributed by atoms with van der Waals surface area (Å²) in [6.45, 7) is 1.61. The number of nitrogens with zero attached hydrogens (tertiary/aromatic N) is 4. The average Bonchev–Trinajstić information content (AvgIpc) is 3.30. The maximum atomic E-state index is 12.3. The molecule has 168 valence electrons. The summed E-state index contributed by atoms with van der Waals surface area (Å²) in [5.74, 6) is 0.214. The van der Waals surface area contributed by atoms with Gasteiger partial charge in [0, 0.05) is 19.7 Å². The molecule has 0 bridgehead atoms. The Bertz CT molecular complexity index is 959. The number of aliphatic hydroxyl groups excluding tert-OH is 2. The van der Waals surface area contributed by atoms with E-state index in [1.807, 2.05) is 0 Å². The molecule has 2 aliphatic heterocycles. The Balaban J connectivity index is 1.52. The molecule has 0 radical (unpaired) electrons. The van der Waals surface area contributed by atoms with E-state index in [1.54, 1.807) is 12.1 Å². The number of piperidine rings is 1. The second kappa shape index (κ2) is 8.87. The molecule has 4 atom stereocenters. The van der Waals surface area contributed by atoms with Crippen molar-refractivity contribution >= 4 is 23.5 Å². The van der Waals surface area contributed by atoms with E-state index in [2.05, 4.69) is 20.4 Å². The van der Waals surface area contributed by atoms with Gasteiger partial charge in [0.25, 0.3) is 0 Å². The van der Waals surface area contributed by atoms with Crippen LogP contribution in [0.2, 0.25) is 0 Å². The first kappa shape index (κ1) is 21.6. The topological polar surface area (TPSA) is 157 Å². The van der Waals surface area contributed by atoms with Crippen molar-refractivity contribution < 1.29 is 24.5 Å². The molecule has 2 aromatic rings. The number of rotatable bonds is 6. The number of hydrogen-bond donors (Lipinski definition) is 4. The largest absolute Gasteiger partial charge is 0.463 e. The van der Waals surface area contributed by atoms with Crippen LogP contribution in [0.1, 0.15) is 25.0 Å². The lowest BCUT2D eigenvalue weighted by Crippen LogP contribution is -2.43. The van der Waals surface area contributed by atoms with E-state index < -0.39 is 23.9 Å². The number of nitrogens with one attached hydrogen (secondary N) is 1. The SMILES string of the molecule is CN=C[C@@]1(c2ccc3c(N)ncnn23)O[C@H](COC(=O)CC2CCNCC2)[C@@H](O)[C@H]1O. The normalized spacial score (nSPS) is 29.7. The fourth-order valence-corrected chi connectivity index (χ4v) is 4.36. The van der Waals surface area contributed by atoms with Crippen LogP contribution in [-0.4, -0.2) is 82.1 Å². The Morgan fingerprint density at radius 2 is 2.23 bits per heavy atom. The van der Waals surface area contributed by atoms with Gasteiger partial charge in [-0.2, -0.15) is 5.10 Å². The van der Waals surface area contributed by atoms with Crippen molar-refractivity contribution in [3.8, 4) is 0 Å². The number of aromatic nitrogens is 3. The Morgan fingerprint density at radius 1 is 1.45 bits per heavy atom. The standard InChI is InChI=1S/C20H28N6O5/c1-22-10-20(15-3-2-13-19(21)24-11-25-26(13)15)18(29)17(28)14(31-20)9-30-16(27)8-12-4-6-23-7-5-12/h2-3,10-12,14,17-18,23,28-29H,4-9H2,1H3,(H2,21,24,25)/t14-,17-,18-,20+/m1/s1. The lowest BCUT2D eigenvalue weighted by atomic mass is 9.92. The summed E-state index contributed by atoms with van der Waals surface area (Å²) in [5.41, 5.74) is 5.38. The van der Waals surface area contributed by atoms with Crippen LogP contribution in [0.5, 0.6) is 0 Å². The van der Waals surface area contributed by atoms with Crippen LogP contribution in [0.4, 0.5) is 5.82 Å². The number of aliphatic hydroxyl groups is 2. The highest BCUT2D eigenvalue weighted by molar-refractivity contribution is 5.75. The summed E-state index contributed by atoms with van der Waals surface area (Å²) in [4.78, 5) is 20.3. The van der Waals surface area contributed by atoms with Crippen LogP contribution < -0.4 is 11.1 Å². The van der Waals surface area contributed by atoms with Gasteiger partial charge in [0.1, 0.15) is 36.8 Å². The monoisotopic (exact) mass is 432 g/mol. The van der Waals surface area contributed by atoms with Crippen molar-refractivity contribution in [2.45, 2.75) is 43.2 Å². The third-order valence-corrected chi connectivity index (χ3v) is 6.02. The first-order valence-corrected chi connectivity index (χ1v) is 10.4. The number of hydrogen-bond acceptors (Lipinski definition) is 10. The Kier molecular flexibility index (Phi) is 6.19. The fourth-order valence-electron chi connectivity index (χ4n) is 4.36. The van der Waals surface area contributed by atoms with Crippen LogP contribution in [0.3, 0.4) is 0 Å². The van der Waals surface area contributed by atoms with Gasteiger partial charge in [-0.15, -0.1) is 0 Å². The van der Waals surface area contributed by atoms with Crippen LogP contribution in [0, 0.1) is 5.92 Å². The van der Waals surface area contributed by atoms with Crippen LogP contribution in [0.25, 0.3) is 5.52 Å². The molecule has 2 saturated heterocycles. The minimum Gasteiger partial charge on any atom is -0.463 e. The molecule has 0 aromatic carbocycles. The van der Waals surface area contributed by atoms with E-state index in [4.69, 9.17) is 15.2 Å². The van der Waals surface area contributed by atoms with Crippen LogP contribution in [-0.2, 0) is 19.9 Å². The molecule has 11 heteroatoms. The maximum Gasteiger partial charge on any atom is 0.306 e. The highest BCUT2D eigenvalue weighted by atomic mass is 16.6. The number of fused-ring (bicyclic) bond motifs is 1. The third-order valence-electron chi connectivity index (χ3n) is 6.02. The van der Waals surface area contributed by atoms with E-state index in [1.165, 1.54) is 24.1 Å². The molecule has 0 saturated carbocycles. The zero-order chi connectivity index (χ0) is 22.0. The summed E-state index contributed by atoms with van der Waals surface area (Å²) in [6, 6.07) is 3.38. The summed E-state index contributed by atoms with van der Waals surface area (Å²) >= 11 is 0. The quantitative estimate of drug-likeness (QED) is 0.341. The summed E-state index contributed by atoms with van der Waals surface area (Å²) in [5, 5.41) is 29.1. The molecule has 2 aromatic heterocycles. The Labute approximate surface area is 179 Å². The predicted octanol–water partition coefficient (Wildman–Crippen LogP) is -0.739. The molecule has 0 aliphatic carbocycles. The highest BCUT2D eigenvalue weighted by Crippen LogP contribution is 2.39. The van der Waals surface area contributed by atoms with Crippen molar-refractivity contribution in [2.75, 3.05) is 32.5 Å². The van der Waals surface area contributed by atoms with E-state index in [9.17, 15) is 15.0 Å². The van der Waals surface area contributed by atoms with Crippen LogP contribution in [0.15, 0.2) is 23.5 Å². The Morgan fingerprint density at radius 3 is 2.97 bits per heavy atom. The van der Waals surface area contributed by atoms with Gasteiger partial charge in [-0.3, -0.25) is 9.79 Å². The van der Waals surface area contributed by atoms with Crippen molar-refractivity contribution in [1.29, 1.82) is 0 Å². The molecule has 0 unspecified atom stereocenters. The molecule has 5 N–H and O–H groups in total. The molecular weight excluding hydrogens is 404 g/mol. The summed E-state index contributed by atoms with van der Waals surface area (Å²) < 4.78 is 13.0. The second-order valence-electron chi connectivity index (χ2n) is 8.01. The molecule has 4 heterocycles. The first-order valence-electron chi connectivity index (χ1n) is 10.4. The number of ether oxygens (including phenoxy) is 2. The van der Waals surface area contributed by atoms with Gasteiger partial charge >= 0.3 is 5.97 Å². The maximum absolute atomic E-state index is 12.3. The van der Waals surface area contributed by atoms with E-state index in [-0.39, 0.29) is 24.3 Å². The zero-order valence-electron chi connectivity index (χ0n) is 17.3. The number of nitrogens with two attached hydrogens (primary N) is 1. The molecule has 4 rings (SSSR count). The highest BCUT2D eigenvalue weighted by Gasteiger charge is 2.56. The van der Waals surface area contributed by atoms with Crippen molar-refractivity contribution in [1.82, 2.24) is 19.9 Å². The molecule has 0 amide bonds. The third kappa shape index (κ3) is 4.01. The van der Waals surface area contributed by atoms with E-state index in [0.717, 1.165) is 25.9 Å². The number of nitrogen functional groups attached to an aromatic ring is 1. The Hall–Kier alpha value is -2.60. The lowest BCUT2D eigenvalue weighted by Gasteiger charge is -2.27. The molecule has 2 aliphatic rings. The van der Waals surface area contributed by atoms with E-state index in [0.29, 0.717) is 17.6 Å². The van der Waals surface area contributed by atoms with Gasteiger partial charge in [0.2, 0.25) is 0 Å². The van der Waals surface area contributed by atoms with Gasteiger partial charge in [-0.05, 0) is 44.0 Å². The predicted molar refractivity (Wildman–Crippen MR) is 112 cm³/mol. The molecule has 0 spiro atoms. The number of carbonyl (C=O) groups is 1. The number of aliphatic imine (C=N–C) groups is 1. The number of carbonyl (C=O) groups excluding carboxylic acids is 1. The smallest absolute Gasteiger partial charge is 0.306 e.